The van der Waals surface area contributed by atoms with E-state index in [1.165, 1.54) is 29.1 Å². The third-order valence-corrected chi connectivity index (χ3v) is 3.12. The third kappa shape index (κ3) is 4.48. The SMILES string of the molecule is CC(C)(CO)NC(=O)Nc1ccn(-c2cccc(C(F)(F)F)c2)n1. The molecule has 0 atom stereocenters. The Labute approximate surface area is 136 Å². The number of alkyl halides is 3. The summed E-state index contributed by atoms with van der Waals surface area (Å²) < 4.78 is 39.4. The average Bonchev–Trinajstić information content (AvgIpc) is 2.94. The van der Waals surface area contributed by atoms with Gasteiger partial charge in [0.25, 0.3) is 0 Å². The molecule has 0 spiro atoms. The lowest BCUT2D eigenvalue weighted by Gasteiger charge is -2.23. The van der Waals surface area contributed by atoms with Gasteiger partial charge in [-0.1, -0.05) is 6.07 Å². The fraction of sp³-hybridized carbons (Fsp3) is 0.333. The Balaban J connectivity index is 2.13. The van der Waals surface area contributed by atoms with Crippen molar-refractivity contribution in [1.29, 1.82) is 0 Å². The highest BCUT2D eigenvalue weighted by atomic mass is 19.4. The molecule has 2 amide bonds. The molecule has 2 rings (SSSR count). The van der Waals surface area contributed by atoms with E-state index in [4.69, 9.17) is 5.11 Å². The van der Waals surface area contributed by atoms with Crippen molar-refractivity contribution in [2.45, 2.75) is 25.6 Å². The Bertz CT molecular complexity index is 726. The fourth-order valence-electron chi connectivity index (χ4n) is 1.85. The zero-order valence-corrected chi connectivity index (χ0v) is 13.1. The summed E-state index contributed by atoms with van der Waals surface area (Å²) in [5.41, 5.74) is -1.38. The molecule has 0 bridgehead atoms. The number of amides is 2. The van der Waals surface area contributed by atoms with Crippen LogP contribution in [0.4, 0.5) is 23.8 Å². The van der Waals surface area contributed by atoms with Gasteiger partial charge < -0.3 is 10.4 Å². The maximum Gasteiger partial charge on any atom is 0.416 e. The second-order valence-electron chi connectivity index (χ2n) is 5.81. The molecule has 1 heterocycles. The number of nitrogens with one attached hydrogen (secondary N) is 2. The molecule has 24 heavy (non-hydrogen) atoms. The lowest BCUT2D eigenvalue weighted by Crippen LogP contribution is -2.48. The number of carbonyl (C=O) groups excluding carboxylic acids is 1. The molecular formula is C15H17F3N4O2. The van der Waals surface area contributed by atoms with Gasteiger partial charge in [-0.2, -0.15) is 13.2 Å². The largest absolute Gasteiger partial charge is 0.416 e. The van der Waals surface area contributed by atoms with Crippen LogP contribution in [0.1, 0.15) is 19.4 Å². The second kappa shape index (κ2) is 6.52. The van der Waals surface area contributed by atoms with Crippen LogP contribution in [-0.4, -0.2) is 33.1 Å². The molecule has 0 aliphatic heterocycles. The monoisotopic (exact) mass is 342 g/mol. The Kier molecular flexibility index (Phi) is 4.83. The minimum Gasteiger partial charge on any atom is -0.394 e. The fourth-order valence-corrected chi connectivity index (χ4v) is 1.85. The number of anilines is 1. The van der Waals surface area contributed by atoms with Gasteiger partial charge in [0.15, 0.2) is 5.82 Å². The summed E-state index contributed by atoms with van der Waals surface area (Å²) in [5, 5.41) is 18.1. The van der Waals surface area contributed by atoms with Crippen LogP contribution < -0.4 is 10.6 Å². The first kappa shape index (κ1) is 17.8. The first-order valence-electron chi connectivity index (χ1n) is 7.04. The summed E-state index contributed by atoms with van der Waals surface area (Å²) in [5.74, 6) is 0.165. The average molecular weight is 342 g/mol. The third-order valence-electron chi connectivity index (χ3n) is 3.12. The molecule has 1 aromatic carbocycles. The van der Waals surface area contributed by atoms with Gasteiger partial charge >= 0.3 is 12.2 Å². The standard InChI is InChI=1S/C15H17F3N4O2/c1-14(2,9-23)20-13(24)19-12-6-7-22(21-12)11-5-3-4-10(8-11)15(16,17)18/h3-8,23H,9H2,1-2H3,(H2,19,20,21,24). The highest BCUT2D eigenvalue weighted by Crippen LogP contribution is 2.30. The Morgan fingerprint density at radius 1 is 1.29 bits per heavy atom. The van der Waals surface area contributed by atoms with Gasteiger partial charge in [-0.3, -0.25) is 5.32 Å². The van der Waals surface area contributed by atoms with Crippen molar-refractivity contribution in [2.24, 2.45) is 0 Å². The summed E-state index contributed by atoms with van der Waals surface area (Å²) >= 11 is 0. The Hall–Kier alpha value is -2.55. The molecule has 3 N–H and O–H groups in total. The smallest absolute Gasteiger partial charge is 0.394 e. The molecule has 0 saturated heterocycles. The van der Waals surface area contributed by atoms with E-state index in [0.29, 0.717) is 0 Å². The van der Waals surface area contributed by atoms with Gasteiger partial charge in [-0.25, -0.2) is 9.48 Å². The van der Waals surface area contributed by atoms with Crippen molar-refractivity contribution < 1.29 is 23.1 Å². The number of aromatic nitrogens is 2. The van der Waals surface area contributed by atoms with Crippen molar-refractivity contribution in [3.05, 3.63) is 42.1 Å². The molecule has 9 heteroatoms. The number of hydrogen-bond donors (Lipinski definition) is 3. The van der Waals surface area contributed by atoms with Crippen LogP contribution in [0.15, 0.2) is 36.5 Å². The molecule has 0 fully saturated rings. The highest BCUT2D eigenvalue weighted by molar-refractivity contribution is 5.88. The number of nitrogens with zero attached hydrogens (tertiary/aromatic N) is 2. The molecule has 0 aliphatic rings. The van der Waals surface area contributed by atoms with Crippen molar-refractivity contribution in [3.63, 3.8) is 0 Å². The van der Waals surface area contributed by atoms with Crippen LogP contribution in [0, 0.1) is 0 Å². The zero-order chi connectivity index (χ0) is 18.0. The number of halogens is 3. The molecule has 0 unspecified atom stereocenters. The number of carbonyl (C=O) groups is 1. The van der Waals surface area contributed by atoms with E-state index in [2.05, 4.69) is 15.7 Å². The van der Waals surface area contributed by atoms with Crippen LogP contribution in [0.2, 0.25) is 0 Å². The van der Waals surface area contributed by atoms with Crippen LogP contribution in [0.5, 0.6) is 0 Å². The zero-order valence-electron chi connectivity index (χ0n) is 13.1. The van der Waals surface area contributed by atoms with E-state index in [1.807, 2.05) is 0 Å². The van der Waals surface area contributed by atoms with E-state index in [0.717, 1.165) is 12.1 Å². The van der Waals surface area contributed by atoms with E-state index in [1.54, 1.807) is 13.8 Å². The Morgan fingerprint density at radius 2 is 2.00 bits per heavy atom. The Morgan fingerprint density at radius 3 is 2.62 bits per heavy atom. The predicted octanol–water partition coefficient (Wildman–Crippen LogP) is 2.78. The van der Waals surface area contributed by atoms with Gasteiger partial charge in [0.1, 0.15) is 0 Å². The van der Waals surface area contributed by atoms with E-state index < -0.39 is 23.3 Å². The van der Waals surface area contributed by atoms with Gasteiger partial charge in [0.2, 0.25) is 0 Å². The number of hydrogen-bond acceptors (Lipinski definition) is 3. The maximum absolute atomic E-state index is 12.7. The second-order valence-corrected chi connectivity index (χ2v) is 5.81. The normalized spacial score (nSPS) is 12.1. The summed E-state index contributed by atoms with van der Waals surface area (Å²) in [7, 11) is 0. The van der Waals surface area contributed by atoms with Gasteiger partial charge in [0.05, 0.1) is 23.4 Å². The van der Waals surface area contributed by atoms with Crippen molar-refractivity contribution >= 4 is 11.8 Å². The quantitative estimate of drug-likeness (QED) is 0.799. The molecule has 1 aromatic heterocycles. The topological polar surface area (TPSA) is 79.2 Å². The molecule has 0 aliphatic carbocycles. The van der Waals surface area contributed by atoms with E-state index in [-0.39, 0.29) is 18.1 Å². The number of urea groups is 1. The molecule has 0 saturated carbocycles. The number of aliphatic hydroxyl groups excluding tert-OH is 1. The van der Waals surface area contributed by atoms with Gasteiger partial charge in [0, 0.05) is 12.3 Å². The lowest BCUT2D eigenvalue weighted by atomic mass is 10.1. The maximum atomic E-state index is 12.7. The van der Waals surface area contributed by atoms with Crippen molar-refractivity contribution in [2.75, 3.05) is 11.9 Å². The molecule has 0 radical (unpaired) electrons. The summed E-state index contributed by atoms with van der Waals surface area (Å²) in [4.78, 5) is 11.8. The number of benzene rings is 1. The molecule has 2 aromatic rings. The van der Waals surface area contributed by atoms with Gasteiger partial charge in [-0.15, -0.1) is 5.10 Å². The number of aliphatic hydroxyl groups is 1. The van der Waals surface area contributed by atoms with Crippen LogP contribution >= 0.6 is 0 Å². The number of rotatable bonds is 4. The summed E-state index contributed by atoms with van der Waals surface area (Å²) in [6.45, 7) is 3.01. The van der Waals surface area contributed by atoms with Crippen LogP contribution in [-0.2, 0) is 6.18 Å². The highest BCUT2D eigenvalue weighted by Gasteiger charge is 2.30. The molecule has 130 valence electrons. The minimum absolute atomic E-state index is 0.165. The van der Waals surface area contributed by atoms with Crippen molar-refractivity contribution in [3.8, 4) is 5.69 Å². The van der Waals surface area contributed by atoms with Crippen molar-refractivity contribution in [1.82, 2.24) is 15.1 Å². The predicted molar refractivity (Wildman–Crippen MR) is 81.9 cm³/mol. The molecular weight excluding hydrogens is 325 g/mol. The van der Waals surface area contributed by atoms with E-state index in [9.17, 15) is 18.0 Å². The van der Waals surface area contributed by atoms with Gasteiger partial charge in [-0.05, 0) is 32.0 Å². The summed E-state index contributed by atoms with van der Waals surface area (Å²) in [6, 6.07) is 5.56. The van der Waals surface area contributed by atoms with Crippen LogP contribution in [0.25, 0.3) is 5.69 Å². The first-order chi connectivity index (χ1) is 11.1. The van der Waals surface area contributed by atoms with E-state index >= 15 is 0 Å². The lowest BCUT2D eigenvalue weighted by molar-refractivity contribution is -0.137. The minimum atomic E-state index is -4.44. The molecule has 6 nitrogen and oxygen atoms in total. The van der Waals surface area contributed by atoms with Crippen LogP contribution in [0.3, 0.4) is 0 Å². The first-order valence-corrected chi connectivity index (χ1v) is 7.04. The summed E-state index contributed by atoms with van der Waals surface area (Å²) in [6.07, 6.45) is -3.01.